The van der Waals surface area contributed by atoms with Crippen molar-refractivity contribution in [2.75, 3.05) is 18.4 Å². The summed E-state index contributed by atoms with van der Waals surface area (Å²) in [6.45, 7) is 5.19. The van der Waals surface area contributed by atoms with Crippen molar-refractivity contribution in [3.05, 3.63) is 89.5 Å². The summed E-state index contributed by atoms with van der Waals surface area (Å²) in [4.78, 5) is 19.1. The second-order valence-electron chi connectivity index (χ2n) is 9.32. The molecule has 0 radical (unpaired) electrons. The number of thiazole rings is 1. The molecule has 0 aliphatic carbocycles. The molecule has 1 aliphatic rings. The van der Waals surface area contributed by atoms with E-state index < -0.39 is 10.0 Å². The number of nitrogens with one attached hydrogen (secondary N) is 1. The van der Waals surface area contributed by atoms with Gasteiger partial charge in [0.25, 0.3) is 5.91 Å². The lowest BCUT2D eigenvalue weighted by Crippen LogP contribution is -2.35. The predicted octanol–water partition coefficient (Wildman–Crippen LogP) is 6.52. The lowest BCUT2D eigenvalue weighted by molar-refractivity contribution is 0.102. The Morgan fingerprint density at radius 1 is 0.919 bits per heavy atom. The second kappa shape index (κ2) is 10.6. The van der Waals surface area contributed by atoms with Crippen LogP contribution in [0.1, 0.15) is 40.7 Å². The van der Waals surface area contributed by atoms with Crippen LogP contribution in [0, 0.1) is 13.8 Å². The van der Waals surface area contributed by atoms with Gasteiger partial charge in [-0.25, -0.2) is 13.4 Å². The van der Waals surface area contributed by atoms with E-state index in [0.29, 0.717) is 23.8 Å². The minimum absolute atomic E-state index is 0.212. The molecule has 190 valence electrons. The molecule has 6 nitrogen and oxygen atoms in total. The Kier molecular flexibility index (Phi) is 7.24. The molecule has 3 aromatic carbocycles. The van der Waals surface area contributed by atoms with Crippen molar-refractivity contribution in [3.63, 3.8) is 0 Å². The fraction of sp³-hybridized carbons (Fsp3) is 0.241. The van der Waals surface area contributed by atoms with Crippen LogP contribution in [0.15, 0.2) is 77.7 Å². The number of hydrogen-bond donors (Lipinski definition) is 1. The first-order chi connectivity index (χ1) is 17.8. The molecule has 1 N–H and O–H groups in total. The Labute approximate surface area is 222 Å². The number of piperidine rings is 1. The van der Waals surface area contributed by atoms with Crippen LogP contribution in [0.5, 0.6) is 0 Å². The number of sulfonamides is 1. The molecule has 1 aromatic heterocycles. The van der Waals surface area contributed by atoms with E-state index in [0.717, 1.165) is 52.1 Å². The molecular weight excluding hydrogens is 502 g/mol. The summed E-state index contributed by atoms with van der Waals surface area (Å²) in [5, 5.41) is 3.41. The van der Waals surface area contributed by atoms with Gasteiger partial charge in [-0.1, -0.05) is 65.8 Å². The smallest absolute Gasteiger partial charge is 0.257 e. The fourth-order valence-electron chi connectivity index (χ4n) is 4.53. The van der Waals surface area contributed by atoms with E-state index in [1.807, 2.05) is 30.3 Å². The van der Waals surface area contributed by atoms with Crippen LogP contribution in [-0.2, 0) is 10.0 Å². The van der Waals surface area contributed by atoms with Crippen LogP contribution in [-0.4, -0.2) is 36.7 Å². The van der Waals surface area contributed by atoms with Gasteiger partial charge in [-0.3, -0.25) is 10.1 Å². The summed E-state index contributed by atoms with van der Waals surface area (Å²) in [6.07, 6.45) is 2.81. The van der Waals surface area contributed by atoms with Crippen molar-refractivity contribution < 1.29 is 13.2 Å². The van der Waals surface area contributed by atoms with Gasteiger partial charge >= 0.3 is 0 Å². The molecule has 1 amide bonds. The third-order valence-electron chi connectivity index (χ3n) is 6.60. The third kappa shape index (κ3) is 5.37. The van der Waals surface area contributed by atoms with Crippen molar-refractivity contribution in [1.82, 2.24) is 9.29 Å². The van der Waals surface area contributed by atoms with Crippen molar-refractivity contribution in [2.24, 2.45) is 0 Å². The highest BCUT2D eigenvalue weighted by Gasteiger charge is 2.26. The molecule has 37 heavy (non-hydrogen) atoms. The number of benzene rings is 3. The Balaban J connectivity index is 1.42. The van der Waals surface area contributed by atoms with E-state index >= 15 is 0 Å². The number of hydrogen-bond acceptors (Lipinski definition) is 5. The van der Waals surface area contributed by atoms with Gasteiger partial charge in [-0.05, 0) is 68.1 Å². The van der Waals surface area contributed by atoms with Gasteiger partial charge in [0.05, 0.1) is 15.5 Å². The summed E-state index contributed by atoms with van der Waals surface area (Å²) in [5.74, 6) is -0.331. The van der Waals surface area contributed by atoms with Crippen LogP contribution < -0.4 is 5.32 Å². The maximum absolute atomic E-state index is 13.1. The topological polar surface area (TPSA) is 79.4 Å². The number of amides is 1. The molecule has 0 saturated carbocycles. The number of nitrogens with zero attached hydrogens (tertiary/aromatic N) is 2. The molecule has 1 saturated heterocycles. The van der Waals surface area contributed by atoms with Gasteiger partial charge in [0.2, 0.25) is 10.0 Å². The molecule has 4 aromatic rings. The standard InChI is InChI=1S/C29H29N3O3S2/c1-20-11-12-21(2)25(19-20)26-27(22-9-5-3-6-10-22)36-29(30-26)31-28(33)23-13-15-24(16-14-23)37(34,35)32-17-7-4-8-18-32/h3,5-6,9-16,19H,4,7-8,17-18H2,1-2H3,(H,30,31,33). The van der Waals surface area contributed by atoms with E-state index in [1.165, 1.54) is 27.8 Å². The SMILES string of the molecule is Cc1ccc(C)c(-c2nc(NC(=O)c3ccc(S(=O)(=O)N4CCCCC4)cc3)sc2-c2ccccc2)c1. The predicted molar refractivity (Wildman–Crippen MR) is 149 cm³/mol. The van der Waals surface area contributed by atoms with E-state index in [-0.39, 0.29) is 10.8 Å². The minimum Gasteiger partial charge on any atom is -0.298 e. The first-order valence-corrected chi connectivity index (χ1v) is 14.6. The second-order valence-corrected chi connectivity index (χ2v) is 12.3. The third-order valence-corrected chi connectivity index (χ3v) is 9.53. The monoisotopic (exact) mass is 531 g/mol. The highest BCUT2D eigenvalue weighted by Crippen LogP contribution is 2.40. The van der Waals surface area contributed by atoms with Gasteiger partial charge in [0, 0.05) is 24.2 Å². The number of anilines is 1. The number of aromatic nitrogens is 1. The number of carbonyl (C=O) groups excluding carboxylic acids is 1. The quantitative estimate of drug-likeness (QED) is 0.307. The van der Waals surface area contributed by atoms with Gasteiger partial charge in [-0.2, -0.15) is 4.31 Å². The van der Waals surface area contributed by atoms with Crippen molar-refractivity contribution in [1.29, 1.82) is 0 Å². The molecule has 1 aliphatic heterocycles. The van der Waals surface area contributed by atoms with Crippen molar-refractivity contribution in [2.45, 2.75) is 38.0 Å². The summed E-state index contributed by atoms with van der Waals surface area (Å²) in [6, 6.07) is 22.4. The largest absolute Gasteiger partial charge is 0.298 e. The Morgan fingerprint density at radius 2 is 1.62 bits per heavy atom. The van der Waals surface area contributed by atoms with Crippen molar-refractivity contribution >= 4 is 32.4 Å². The molecule has 8 heteroatoms. The lowest BCUT2D eigenvalue weighted by atomic mass is 10.0. The zero-order chi connectivity index (χ0) is 26.0. The molecule has 0 atom stereocenters. The van der Waals surface area contributed by atoms with Crippen LogP contribution in [0.2, 0.25) is 0 Å². The zero-order valence-electron chi connectivity index (χ0n) is 20.9. The normalized spacial score (nSPS) is 14.4. The van der Waals surface area contributed by atoms with E-state index in [1.54, 1.807) is 12.1 Å². The van der Waals surface area contributed by atoms with Crippen molar-refractivity contribution in [3.8, 4) is 21.7 Å². The van der Waals surface area contributed by atoms with E-state index in [2.05, 4.69) is 37.4 Å². The van der Waals surface area contributed by atoms with Gasteiger partial charge in [-0.15, -0.1) is 0 Å². The van der Waals surface area contributed by atoms with Gasteiger partial charge in [0.15, 0.2) is 5.13 Å². The Hall–Kier alpha value is -3.33. The minimum atomic E-state index is -3.54. The summed E-state index contributed by atoms with van der Waals surface area (Å²) >= 11 is 1.43. The molecule has 0 unspecified atom stereocenters. The zero-order valence-corrected chi connectivity index (χ0v) is 22.5. The summed E-state index contributed by atoms with van der Waals surface area (Å²) < 4.78 is 27.4. The first kappa shape index (κ1) is 25.3. The Morgan fingerprint density at radius 3 is 2.32 bits per heavy atom. The molecule has 0 bridgehead atoms. The van der Waals surface area contributed by atoms with Crippen LogP contribution in [0.4, 0.5) is 5.13 Å². The van der Waals surface area contributed by atoms with Gasteiger partial charge in [0.1, 0.15) is 0 Å². The van der Waals surface area contributed by atoms with Crippen LogP contribution >= 0.6 is 11.3 Å². The average Bonchev–Trinajstić information content (AvgIpc) is 3.34. The Bertz CT molecular complexity index is 1520. The number of aryl methyl sites for hydroxylation is 2. The highest BCUT2D eigenvalue weighted by atomic mass is 32.2. The fourth-order valence-corrected chi connectivity index (χ4v) is 7.03. The van der Waals surface area contributed by atoms with Crippen LogP contribution in [0.3, 0.4) is 0 Å². The molecule has 1 fully saturated rings. The number of rotatable bonds is 6. The maximum Gasteiger partial charge on any atom is 0.257 e. The van der Waals surface area contributed by atoms with Gasteiger partial charge < -0.3 is 0 Å². The molecule has 0 spiro atoms. The van der Waals surface area contributed by atoms with E-state index in [9.17, 15) is 13.2 Å². The van der Waals surface area contributed by atoms with E-state index in [4.69, 9.17) is 4.98 Å². The average molecular weight is 532 g/mol. The molecule has 5 rings (SSSR count). The highest BCUT2D eigenvalue weighted by molar-refractivity contribution is 7.89. The van der Waals surface area contributed by atoms with Crippen LogP contribution in [0.25, 0.3) is 21.7 Å². The lowest BCUT2D eigenvalue weighted by Gasteiger charge is -2.25. The summed E-state index contributed by atoms with van der Waals surface area (Å²) in [5.41, 5.74) is 5.51. The number of carbonyl (C=O) groups is 1. The summed E-state index contributed by atoms with van der Waals surface area (Å²) in [7, 11) is -3.54. The maximum atomic E-state index is 13.1. The molecular formula is C29H29N3O3S2. The molecule has 2 heterocycles. The first-order valence-electron chi connectivity index (χ1n) is 12.4.